The lowest BCUT2D eigenvalue weighted by molar-refractivity contribution is -0.420. The first kappa shape index (κ1) is 7.88. The Labute approximate surface area is 49.1 Å². The summed E-state index contributed by atoms with van der Waals surface area (Å²) >= 11 is 0. The molecule has 0 aromatic heterocycles. The minimum atomic E-state index is -1.42. The largest absolute Gasteiger partial charge is 0.234 e. The maximum absolute atomic E-state index is 10.5. The number of rotatable bonds is 3. The molecule has 0 saturated heterocycles. The van der Waals surface area contributed by atoms with E-state index in [1.54, 1.807) is 6.92 Å². The summed E-state index contributed by atoms with van der Waals surface area (Å²) in [4.78, 5) is 8.71. The summed E-state index contributed by atoms with van der Waals surface area (Å²) in [5.41, 5.74) is 0. The summed E-state index contributed by atoms with van der Waals surface area (Å²) in [7, 11) is 0. The molecule has 0 rings (SSSR count). The third-order valence-corrected chi connectivity index (χ3v) is 0.377. The van der Waals surface area contributed by atoms with Crippen LogP contribution in [0.25, 0.3) is 0 Å². The molecule has 0 N–H and O–H groups in total. The van der Waals surface area contributed by atoms with Crippen LogP contribution in [0.15, 0.2) is 0 Å². The van der Waals surface area contributed by atoms with Gasteiger partial charge in [0, 0.05) is 0 Å². The van der Waals surface area contributed by atoms with Gasteiger partial charge in [-0.15, -0.1) is 0 Å². The van der Waals surface area contributed by atoms with Crippen molar-refractivity contribution >= 4 is 0 Å². The number of hydrogen-bond acceptors (Lipinski definition) is 2. The maximum atomic E-state index is 10.5. The van der Waals surface area contributed by atoms with Crippen molar-refractivity contribution in [3.8, 4) is 0 Å². The van der Waals surface area contributed by atoms with E-state index in [2.05, 4.69) is 9.78 Å². The Kier molecular flexibility index (Phi) is 2.97. The van der Waals surface area contributed by atoms with Crippen molar-refractivity contribution in [1.82, 2.24) is 0 Å². The summed E-state index contributed by atoms with van der Waals surface area (Å²) in [6.45, 7) is 4.95. The van der Waals surface area contributed by atoms with Crippen LogP contribution in [-0.2, 0) is 14.9 Å². The monoisotopic (exact) mass is 119 g/mol. The average molecular weight is 119 g/mol. The Hall–Kier alpha value is -0.120. The lowest BCUT2D eigenvalue weighted by atomic mass is 10.4. The fourth-order valence-electron chi connectivity index (χ4n) is 0.201. The zero-order valence-corrected chi connectivity index (χ0v) is 5.43. The first-order chi connectivity index (χ1) is 3.56. The molecule has 0 atom stereocenters. The zero-order valence-electron chi connectivity index (χ0n) is 5.43. The first-order valence-electron chi connectivity index (χ1n) is 2.57. The van der Waals surface area contributed by atoms with E-state index < -0.39 is 5.79 Å². The summed E-state index contributed by atoms with van der Waals surface area (Å²) < 4.78 is 0. The molecule has 0 aliphatic carbocycles. The standard InChI is InChI=1S/C5H11O3/c1-4-7-8-5(2,3)6/h4H2,1-3H3. The molecular formula is C5H11O3. The maximum Gasteiger partial charge on any atom is 0.228 e. The van der Waals surface area contributed by atoms with Crippen LogP contribution in [0.5, 0.6) is 0 Å². The molecule has 0 heterocycles. The molecule has 8 heavy (non-hydrogen) atoms. The van der Waals surface area contributed by atoms with E-state index in [1.165, 1.54) is 13.8 Å². The van der Waals surface area contributed by atoms with Gasteiger partial charge in [-0.25, -0.2) is 4.89 Å². The van der Waals surface area contributed by atoms with E-state index in [4.69, 9.17) is 0 Å². The second-order valence-electron chi connectivity index (χ2n) is 1.89. The van der Waals surface area contributed by atoms with Crippen LogP contribution < -0.4 is 0 Å². The van der Waals surface area contributed by atoms with Crippen molar-refractivity contribution in [2.45, 2.75) is 26.6 Å². The first-order valence-corrected chi connectivity index (χ1v) is 2.57. The highest BCUT2D eigenvalue weighted by atomic mass is 17.2. The Morgan fingerprint density at radius 1 is 1.50 bits per heavy atom. The highest BCUT2D eigenvalue weighted by Crippen LogP contribution is 2.03. The molecule has 0 fully saturated rings. The molecule has 3 nitrogen and oxygen atoms in total. The highest BCUT2D eigenvalue weighted by molar-refractivity contribution is 4.40. The van der Waals surface area contributed by atoms with E-state index >= 15 is 0 Å². The Balaban J connectivity index is 3.11. The Morgan fingerprint density at radius 2 is 2.00 bits per heavy atom. The molecular weight excluding hydrogens is 108 g/mol. The number of hydrogen-bond donors (Lipinski definition) is 0. The van der Waals surface area contributed by atoms with Gasteiger partial charge in [-0.05, 0) is 20.8 Å². The van der Waals surface area contributed by atoms with E-state index in [1.807, 2.05) is 0 Å². The molecule has 49 valence electrons. The summed E-state index contributed by atoms with van der Waals surface area (Å²) in [5.74, 6) is -1.42. The Bertz CT molecular complexity index is 55.2. The highest BCUT2D eigenvalue weighted by Gasteiger charge is 2.15. The third kappa shape index (κ3) is 5.88. The van der Waals surface area contributed by atoms with Crippen LogP contribution in [0.3, 0.4) is 0 Å². The smallest absolute Gasteiger partial charge is 0.228 e. The van der Waals surface area contributed by atoms with Gasteiger partial charge in [0.05, 0.1) is 6.61 Å². The van der Waals surface area contributed by atoms with Crippen molar-refractivity contribution in [2.24, 2.45) is 0 Å². The molecule has 0 aliphatic heterocycles. The summed E-state index contributed by atoms with van der Waals surface area (Å²) in [5, 5.41) is 10.5. The van der Waals surface area contributed by atoms with Gasteiger partial charge in [-0.1, -0.05) is 0 Å². The van der Waals surface area contributed by atoms with Gasteiger partial charge in [0.25, 0.3) is 0 Å². The zero-order chi connectivity index (χ0) is 6.62. The fraction of sp³-hybridized carbons (Fsp3) is 1.00. The van der Waals surface area contributed by atoms with Crippen LogP contribution in [0.2, 0.25) is 0 Å². The second-order valence-corrected chi connectivity index (χ2v) is 1.89. The molecule has 3 heteroatoms. The molecule has 0 aromatic carbocycles. The predicted octanol–water partition coefficient (Wildman–Crippen LogP) is 1.12. The minimum absolute atomic E-state index is 0.408. The van der Waals surface area contributed by atoms with Gasteiger partial charge in [-0.3, -0.25) is 0 Å². The van der Waals surface area contributed by atoms with Gasteiger partial charge in [0.1, 0.15) is 0 Å². The van der Waals surface area contributed by atoms with Crippen molar-refractivity contribution in [3.05, 3.63) is 0 Å². The Morgan fingerprint density at radius 3 is 2.12 bits per heavy atom. The van der Waals surface area contributed by atoms with Crippen LogP contribution in [-0.4, -0.2) is 12.4 Å². The molecule has 1 radical (unpaired) electrons. The molecule has 0 bridgehead atoms. The van der Waals surface area contributed by atoms with Crippen LogP contribution in [0.4, 0.5) is 0 Å². The topological polar surface area (TPSA) is 38.4 Å². The molecule has 0 spiro atoms. The lowest BCUT2D eigenvalue weighted by Gasteiger charge is -2.11. The third-order valence-electron chi connectivity index (χ3n) is 0.377. The SMILES string of the molecule is CCOOC(C)(C)[O]. The van der Waals surface area contributed by atoms with Gasteiger partial charge < -0.3 is 0 Å². The quantitative estimate of drug-likeness (QED) is 0.317. The van der Waals surface area contributed by atoms with E-state index in [9.17, 15) is 5.11 Å². The lowest BCUT2D eigenvalue weighted by Crippen LogP contribution is -2.21. The van der Waals surface area contributed by atoms with E-state index in [0.29, 0.717) is 6.61 Å². The summed E-state index contributed by atoms with van der Waals surface area (Å²) in [6, 6.07) is 0. The van der Waals surface area contributed by atoms with Gasteiger partial charge in [0.15, 0.2) is 0 Å². The van der Waals surface area contributed by atoms with Gasteiger partial charge in [-0.2, -0.15) is 9.99 Å². The summed E-state index contributed by atoms with van der Waals surface area (Å²) in [6.07, 6.45) is 0. The molecule has 0 aliphatic rings. The molecule has 0 unspecified atom stereocenters. The van der Waals surface area contributed by atoms with Gasteiger partial charge in [0.2, 0.25) is 5.79 Å². The van der Waals surface area contributed by atoms with Crippen molar-refractivity contribution in [3.63, 3.8) is 0 Å². The van der Waals surface area contributed by atoms with E-state index in [0.717, 1.165) is 0 Å². The fourth-order valence-corrected chi connectivity index (χ4v) is 0.201. The predicted molar refractivity (Wildman–Crippen MR) is 27.5 cm³/mol. The van der Waals surface area contributed by atoms with Gasteiger partial charge >= 0.3 is 0 Å². The van der Waals surface area contributed by atoms with Crippen LogP contribution in [0, 0.1) is 0 Å². The van der Waals surface area contributed by atoms with Crippen molar-refractivity contribution in [1.29, 1.82) is 0 Å². The minimum Gasteiger partial charge on any atom is -0.234 e. The van der Waals surface area contributed by atoms with Crippen LogP contribution in [0.1, 0.15) is 20.8 Å². The molecule has 0 aromatic rings. The van der Waals surface area contributed by atoms with Crippen molar-refractivity contribution < 1.29 is 14.9 Å². The molecule has 0 amide bonds. The second kappa shape index (κ2) is 3.02. The normalized spacial score (nSPS) is 12.0. The average Bonchev–Trinajstić information content (AvgIpc) is 1.59. The van der Waals surface area contributed by atoms with Crippen LogP contribution >= 0.6 is 0 Å². The van der Waals surface area contributed by atoms with Crippen molar-refractivity contribution in [2.75, 3.05) is 6.61 Å². The molecule has 0 saturated carbocycles. The van der Waals surface area contributed by atoms with E-state index in [-0.39, 0.29) is 0 Å².